The number of benzene rings is 1. The van der Waals surface area contributed by atoms with Gasteiger partial charge in [-0.3, -0.25) is 0 Å². The molecule has 20 heavy (non-hydrogen) atoms. The normalized spacial score (nSPS) is 10.9. The van der Waals surface area contributed by atoms with Crippen LogP contribution in [0.3, 0.4) is 0 Å². The fourth-order valence-electron chi connectivity index (χ4n) is 1.94. The summed E-state index contributed by atoms with van der Waals surface area (Å²) in [4.78, 5) is 0.989. The third-order valence-electron chi connectivity index (χ3n) is 2.93. The lowest BCUT2D eigenvalue weighted by Crippen LogP contribution is -1.88. The smallest absolute Gasteiger partial charge is 0.186 e. The minimum absolute atomic E-state index is 0.379. The van der Waals surface area contributed by atoms with E-state index in [1.165, 1.54) is 0 Å². The zero-order chi connectivity index (χ0) is 14.3. The minimum Gasteiger partial charge on any atom is -0.380 e. The van der Waals surface area contributed by atoms with Gasteiger partial charge in [-0.25, -0.2) is 0 Å². The summed E-state index contributed by atoms with van der Waals surface area (Å²) in [5, 5.41) is 4.57. The fourth-order valence-corrected chi connectivity index (χ4v) is 3.58. The second kappa shape index (κ2) is 5.24. The van der Waals surface area contributed by atoms with Gasteiger partial charge in [0.2, 0.25) is 0 Å². The van der Waals surface area contributed by atoms with Crippen LogP contribution in [0.15, 0.2) is 38.6 Å². The quantitative estimate of drug-likeness (QED) is 0.660. The zero-order valence-electron chi connectivity index (χ0n) is 10.5. The number of rotatable bonds is 2. The van der Waals surface area contributed by atoms with Gasteiger partial charge >= 0.3 is 0 Å². The zero-order valence-corrected chi connectivity index (χ0v) is 13.6. The molecule has 3 rings (SSSR count). The molecule has 102 valence electrons. The molecule has 2 heterocycles. The van der Waals surface area contributed by atoms with Crippen LogP contribution in [0.5, 0.6) is 0 Å². The molecular formula is C14H10BrClN2OS. The van der Waals surface area contributed by atoms with Crippen molar-refractivity contribution < 1.29 is 4.52 Å². The molecule has 2 aromatic heterocycles. The maximum atomic E-state index is 5.95. The molecule has 2 N–H and O–H groups in total. The van der Waals surface area contributed by atoms with Crippen LogP contribution in [0, 0.1) is 6.92 Å². The van der Waals surface area contributed by atoms with Gasteiger partial charge in [-0.1, -0.05) is 28.9 Å². The maximum Gasteiger partial charge on any atom is 0.186 e. The number of thiophene rings is 1. The fraction of sp³-hybridized carbons (Fsp3) is 0.0714. The van der Waals surface area contributed by atoms with E-state index in [-0.39, 0.29) is 0 Å². The van der Waals surface area contributed by atoms with Crippen LogP contribution in [0.4, 0.5) is 5.82 Å². The van der Waals surface area contributed by atoms with E-state index in [0.717, 1.165) is 25.4 Å². The average Bonchev–Trinajstić information content (AvgIpc) is 2.95. The molecule has 0 amide bonds. The van der Waals surface area contributed by atoms with Crippen LogP contribution >= 0.6 is 38.9 Å². The van der Waals surface area contributed by atoms with E-state index in [1.54, 1.807) is 11.3 Å². The molecule has 0 fully saturated rings. The van der Waals surface area contributed by atoms with E-state index in [4.69, 9.17) is 21.9 Å². The van der Waals surface area contributed by atoms with Crippen molar-refractivity contribution in [3.05, 3.63) is 44.7 Å². The molecule has 0 aliphatic heterocycles. The molecule has 6 heteroatoms. The highest BCUT2D eigenvalue weighted by molar-refractivity contribution is 9.11. The predicted molar refractivity (Wildman–Crippen MR) is 87.1 cm³/mol. The molecule has 0 saturated heterocycles. The Morgan fingerprint density at radius 1 is 1.30 bits per heavy atom. The first-order valence-electron chi connectivity index (χ1n) is 5.83. The van der Waals surface area contributed by atoms with Crippen LogP contribution in [-0.2, 0) is 0 Å². The molecule has 0 aliphatic rings. The first kappa shape index (κ1) is 13.7. The van der Waals surface area contributed by atoms with Gasteiger partial charge in [0.25, 0.3) is 0 Å². The van der Waals surface area contributed by atoms with Gasteiger partial charge in [-0.05, 0) is 52.2 Å². The second-order valence-electron chi connectivity index (χ2n) is 4.35. The topological polar surface area (TPSA) is 52.0 Å². The number of nitrogens with zero attached hydrogens (tertiary/aromatic N) is 1. The monoisotopic (exact) mass is 368 g/mol. The summed E-state index contributed by atoms with van der Waals surface area (Å²) in [5.41, 5.74) is 8.84. The Kier molecular flexibility index (Phi) is 3.58. The minimum atomic E-state index is 0.379. The summed E-state index contributed by atoms with van der Waals surface area (Å²) >= 11 is 11.0. The van der Waals surface area contributed by atoms with Gasteiger partial charge in [0.05, 0.1) is 14.2 Å². The summed E-state index contributed by atoms with van der Waals surface area (Å²) in [6.07, 6.45) is 0. The van der Waals surface area contributed by atoms with Crippen LogP contribution in [0.1, 0.15) is 5.56 Å². The number of aromatic nitrogens is 1. The number of hydrogen-bond acceptors (Lipinski definition) is 4. The van der Waals surface area contributed by atoms with Crippen molar-refractivity contribution in [2.24, 2.45) is 0 Å². The molecule has 0 bridgehead atoms. The molecule has 0 radical (unpaired) electrons. The van der Waals surface area contributed by atoms with E-state index in [0.29, 0.717) is 16.6 Å². The van der Waals surface area contributed by atoms with E-state index < -0.39 is 0 Å². The summed E-state index contributed by atoms with van der Waals surface area (Å²) in [7, 11) is 0. The highest BCUT2D eigenvalue weighted by atomic mass is 79.9. The van der Waals surface area contributed by atoms with Crippen molar-refractivity contribution >= 4 is 44.7 Å². The van der Waals surface area contributed by atoms with Crippen LogP contribution < -0.4 is 5.73 Å². The highest BCUT2D eigenvalue weighted by Crippen LogP contribution is 2.42. The third kappa shape index (κ3) is 2.37. The average molecular weight is 370 g/mol. The second-order valence-corrected chi connectivity index (χ2v) is 7.15. The summed E-state index contributed by atoms with van der Waals surface area (Å²) in [5.74, 6) is 1.06. The van der Waals surface area contributed by atoms with Gasteiger partial charge in [0.15, 0.2) is 11.6 Å². The summed E-state index contributed by atoms with van der Waals surface area (Å²) in [6.45, 7) is 2.03. The molecular weight excluding hydrogens is 360 g/mol. The van der Waals surface area contributed by atoms with Crippen molar-refractivity contribution in [2.45, 2.75) is 6.92 Å². The number of anilines is 1. The number of hydrogen-bond donors (Lipinski definition) is 1. The van der Waals surface area contributed by atoms with Crippen molar-refractivity contribution in [1.82, 2.24) is 5.16 Å². The Balaban J connectivity index is 2.16. The Hall–Kier alpha value is -1.30. The van der Waals surface area contributed by atoms with Crippen LogP contribution in [0.2, 0.25) is 5.02 Å². The third-order valence-corrected chi connectivity index (χ3v) is 5.32. The standard InChI is InChI=1S/C14H10BrClN2OS/c1-7-6-10(20-13(7)15)12-11(14(17)18-19-12)8-2-4-9(16)5-3-8/h2-6H,1H3,(H2,17,18). The molecule has 0 saturated carbocycles. The van der Waals surface area contributed by atoms with Gasteiger partial charge < -0.3 is 10.3 Å². The van der Waals surface area contributed by atoms with Crippen LogP contribution in [-0.4, -0.2) is 5.16 Å². The van der Waals surface area contributed by atoms with Crippen molar-refractivity contribution in [3.8, 4) is 21.8 Å². The first-order chi connectivity index (χ1) is 9.56. The number of halogens is 2. The van der Waals surface area contributed by atoms with Gasteiger partial charge in [-0.2, -0.15) is 0 Å². The molecule has 0 spiro atoms. The van der Waals surface area contributed by atoms with Crippen molar-refractivity contribution in [3.63, 3.8) is 0 Å². The lowest BCUT2D eigenvalue weighted by atomic mass is 10.1. The summed E-state index contributed by atoms with van der Waals surface area (Å²) < 4.78 is 6.49. The first-order valence-corrected chi connectivity index (χ1v) is 7.82. The SMILES string of the molecule is Cc1cc(-c2onc(N)c2-c2ccc(Cl)cc2)sc1Br. The maximum absolute atomic E-state index is 5.95. The molecule has 0 aliphatic carbocycles. The van der Waals surface area contributed by atoms with E-state index in [9.17, 15) is 0 Å². The van der Waals surface area contributed by atoms with Gasteiger partial charge in [0.1, 0.15) is 0 Å². The van der Waals surface area contributed by atoms with Gasteiger partial charge in [0, 0.05) is 5.02 Å². The Morgan fingerprint density at radius 3 is 2.60 bits per heavy atom. The largest absolute Gasteiger partial charge is 0.380 e. The van der Waals surface area contributed by atoms with Crippen molar-refractivity contribution in [2.75, 3.05) is 5.73 Å². The molecule has 3 aromatic rings. The van der Waals surface area contributed by atoms with Crippen molar-refractivity contribution in [1.29, 1.82) is 0 Å². The molecule has 3 nitrogen and oxygen atoms in total. The van der Waals surface area contributed by atoms with Gasteiger partial charge in [-0.15, -0.1) is 11.3 Å². The Labute approximate surface area is 133 Å². The molecule has 1 aromatic carbocycles. The Bertz CT molecular complexity index is 745. The molecule has 0 atom stereocenters. The lowest BCUT2D eigenvalue weighted by molar-refractivity contribution is 0.437. The predicted octanol–water partition coefficient (Wildman–Crippen LogP) is 5.38. The number of nitrogens with two attached hydrogens (primary N) is 1. The van der Waals surface area contributed by atoms with E-state index in [2.05, 4.69) is 21.1 Å². The number of nitrogen functional groups attached to an aromatic ring is 1. The molecule has 0 unspecified atom stereocenters. The van der Waals surface area contributed by atoms with E-state index >= 15 is 0 Å². The highest BCUT2D eigenvalue weighted by Gasteiger charge is 2.19. The Morgan fingerprint density at radius 2 is 2.00 bits per heavy atom. The van der Waals surface area contributed by atoms with E-state index in [1.807, 2.05) is 37.3 Å². The van der Waals surface area contributed by atoms with Crippen LogP contribution in [0.25, 0.3) is 21.8 Å². The lowest BCUT2D eigenvalue weighted by Gasteiger charge is -2.01. The summed E-state index contributed by atoms with van der Waals surface area (Å²) in [6, 6.07) is 9.51. The number of aryl methyl sites for hydroxylation is 1.